The Hall–Kier alpha value is -1.46. The number of nitrogens with two attached hydrogens (primary N) is 1. The van der Waals surface area contributed by atoms with Crippen LogP contribution in [0.4, 0.5) is 0 Å². The predicted octanol–water partition coefficient (Wildman–Crippen LogP) is 2.91. The molecule has 1 aromatic rings. The maximum atomic E-state index is 12.4. The molecule has 1 saturated carbocycles. The Morgan fingerprint density at radius 3 is 2.79 bits per heavy atom. The van der Waals surface area contributed by atoms with Gasteiger partial charge in [0, 0.05) is 11.6 Å². The van der Waals surface area contributed by atoms with Gasteiger partial charge >= 0.3 is 0 Å². The van der Waals surface area contributed by atoms with Crippen LogP contribution in [0.15, 0.2) is 24.3 Å². The number of carbonyl (C=O) groups is 1. The molecule has 0 bridgehead atoms. The van der Waals surface area contributed by atoms with Crippen LogP contribution < -0.4 is 20.5 Å². The van der Waals surface area contributed by atoms with Crippen LogP contribution in [0.25, 0.3) is 0 Å². The third-order valence-electron chi connectivity index (χ3n) is 4.51. The third-order valence-corrected chi connectivity index (χ3v) is 4.51. The second-order valence-electron chi connectivity index (χ2n) is 6.66. The summed E-state index contributed by atoms with van der Waals surface area (Å²) in [5.74, 6) is 1.41. The van der Waals surface area contributed by atoms with Gasteiger partial charge in [-0.25, -0.2) is 0 Å². The van der Waals surface area contributed by atoms with Gasteiger partial charge in [-0.15, -0.1) is 12.4 Å². The van der Waals surface area contributed by atoms with Crippen LogP contribution >= 0.6 is 12.4 Å². The number of benzene rings is 1. The van der Waals surface area contributed by atoms with Crippen LogP contribution in [0, 0.1) is 5.92 Å². The molecule has 1 amide bonds. The van der Waals surface area contributed by atoms with E-state index < -0.39 is 5.54 Å². The zero-order valence-corrected chi connectivity index (χ0v) is 15.5. The molecule has 6 heteroatoms. The van der Waals surface area contributed by atoms with E-state index in [0.29, 0.717) is 6.54 Å². The van der Waals surface area contributed by atoms with Gasteiger partial charge in [-0.2, -0.15) is 0 Å². The van der Waals surface area contributed by atoms with E-state index >= 15 is 0 Å². The SMILES string of the molecule is COc1cccc(OC(C)CNC(=O)C2CCCCC2(C)N)c1.Cl. The lowest BCUT2D eigenvalue weighted by atomic mass is 9.74. The molecule has 1 aliphatic rings. The van der Waals surface area contributed by atoms with Crippen LogP contribution in [0.2, 0.25) is 0 Å². The number of amides is 1. The maximum Gasteiger partial charge on any atom is 0.225 e. The van der Waals surface area contributed by atoms with Gasteiger partial charge in [-0.3, -0.25) is 4.79 Å². The molecular weight excluding hydrogens is 328 g/mol. The van der Waals surface area contributed by atoms with Gasteiger partial charge in [0.05, 0.1) is 19.6 Å². The van der Waals surface area contributed by atoms with Crippen molar-refractivity contribution < 1.29 is 14.3 Å². The molecule has 5 nitrogen and oxygen atoms in total. The maximum absolute atomic E-state index is 12.4. The second kappa shape index (κ2) is 9.14. The Morgan fingerprint density at radius 1 is 1.42 bits per heavy atom. The Labute approximate surface area is 150 Å². The zero-order chi connectivity index (χ0) is 16.9. The van der Waals surface area contributed by atoms with Crippen LogP contribution in [0.3, 0.4) is 0 Å². The molecule has 0 heterocycles. The van der Waals surface area contributed by atoms with Gasteiger partial charge in [0.25, 0.3) is 0 Å². The van der Waals surface area contributed by atoms with E-state index in [4.69, 9.17) is 15.2 Å². The summed E-state index contributed by atoms with van der Waals surface area (Å²) < 4.78 is 11.0. The fraction of sp³-hybridized carbons (Fsp3) is 0.611. The molecule has 0 saturated heterocycles. The lowest BCUT2D eigenvalue weighted by Gasteiger charge is -2.37. The Morgan fingerprint density at radius 2 is 2.12 bits per heavy atom. The zero-order valence-electron chi connectivity index (χ0n) is 14.7. The second-order valence-corrected chi connectivity index (χ2v) is 6.66. The van der Waals surface area contributed by atoms with Crippen LogP contribution in [0.1, 0.15) is 39.5 Å². The summed E-state index contributed by atoms with van der Waals surface area (Å²) in [5.41, 5.74) is 5.88. The van der Waals surface area contributed by atoms with Gasteiger partial charge in [0.1, 0.15) is 17.6 Å². The molecule has 3 N–H and O–H groups in total. The van der Waals surface area contributed by atoms with Gasteiger partial charge in [-0.1, -0.05) is 18.9 Å². The van der Waals surface area contributed by atoms with E-state index in [1.54, 1.807) is 7.11 Å². The molecular formula is C18H29ClN2O3. The van der Waals surface area contributed by atoms with Crippen molar-refractivity contribution in [2.45, 2.75) is 51.2 Å². The normalized spacial score (nSPS) is 24.4. The quantitative estimate of drug-likeness (QED) is 0.821. The van der Waals surface area contributed by atoms with Crippen molar-refractivity contribution in [3.63, 3.8) is 0 Å². The molecule has 1 aromatic carbocycles. The Bertz CT molecular complexity index is 537. The highest BCUT2D eigenvalue weighted by Crippen LogP contribution is 2.31. The average Bonchev–Trinajstić information content (AvgIpc) is 2.52. The fourth-order valence-electron chi connectivity index (χ4n) is 3.10. The highest BCUT2D eigenvalue weighted by Gasteiger charge is 2.37. The summed E-state index contributed by atoms with van der Waals surface area (Å²) in [4.78, 5) is 12.4. The van der Waals surface area contributed by atoms with E-state index in [0.717, 1.165) is 37.2 Å². The lowest BCUT2D eigenvalue weighted by molar-refractivity contribution is -0.128. The first kappa shape index (κ1) is 20.6. The summed E-state index contributed by atoms with van der Waals surface area (Å²) >= 11 is 0. The summed E-state index contributed by atoms with van der Waals surface area (Å²) in [6, 6.07) is 7.45. The monoisotopic (exact) mass is 356 g/mol. The number of rotatable bonds is 6. The smallest absolute Gasteiger partial charge is 0.225 e. The lowest BCUT2D eigenvalue weighted by Crippen LogP contribution is -2.53. The third kappa shape index (κ3) is 5.56. The molecule has 3 atom stereocenters. The summed E-state index contributed by atoms with van der Waals surface area (Å²) in [5, 5.41) is 2.98. The molecule has 24 heavy (non-hydrogen) atoms. The first-order valence-corrected chi connectivity index (χ1v) is 8.29. The fourth-order valence-corrected chi connectivity index (χ4v) is 3.10. The summed E-state index contributed by atoms with van der Waals surface area (Å²) in [7, 11) is 1.62. The topological polar surface area (TPSA) is 73.6 Å². The van der Waals surface area contributed by atoms with Crippen molar-refractivity contribution in [1.82, 2.24) is 5.32 Å². The number of hydrogen-bond acceptors (Lipinski definition) is 4. The standard InChI is InChI=1S/C18H28N2O3.ClH/c1-13(23-15-8-6-7-14(11-15)22-3)12-20-17(21)16-9-4-5-10-18(16,2)19;/h6-8,11,13,16H,4-5,9-10,12,19H2,1-3H3,(H,20,21);1H. The number of hydrogen-bond donors (Lipinski definition) is 2. The van der Waals surface area contributed by atoms with Crippen molar-refractivity contribution in [2.24, 2.45) is 11.7 Å². The van der Waals surface area contributed by atoms with Crippen molar-refractivity contribution in [3.05, 3.63) is 24.3 Å². The van der Waals surface area contributed by atoms with Crippen molar-refractivity contribution in [3.8, 4) is 11.5 Å². The largest absolute Gasteiger partial charge is 0.497 e. The van der Waals surface area contributed by atoms with Crippen molar-refractivity contribution in [1.29, 1.82) is 0 Å². The minimum atomic E-state index is -0.404. The molecule has 136 valence electrons. The first-order valence-electron chi connectivity index (χ1n) is 8.29. The minimum Gasteiger partial charge on any atom is -0.497 e. The highest BCUT2D eigenvalue weighted by atomic mass is 35.5. The van der Waals surface area contributed by atoms with E-state index in [1.807, 2.05) is 38.1 Å². The van der Waals surface area contributed by atoms with Crippen molar-refractivity contribution >= 4 is 18.3 Å². The van der Waals surface area contributed by atoms with Gasteiger partial charge < -0.3 is 20.5 Å². The van der Waals surface area contributed by atoms with Crippen molar-refractivity contribution in [2.75, 3.05) is 13.7 Å². The van der Waals surface area contributed by atoms with Gasteiger partial charge in [-0.05, 0) is 38.8 Å². The van der Waals surface area contributed by atoms with E-state index in [1.165, 1.54) is 0 Å². The number of carbonyl (C=O) groups excluding carboxylic acids is 1. The highest BCUT2D eigenvalue weighted by molar-refractivity contribution is 5.85. The molecule has 3 unspecified atom stereocenters. The van der Waals surface area contributed by atoms with Gasteiger partial charge in [0.15, 0.2) is 0 Å². The summed E-state index contributed by atoms with van der Waals surface area (Å²) in [6.45, 7) is 4.37. The van der Waals surface area contributed by atoms with Crippen LogP contribution in [0.5, 0.6) is 11.5 Å². The van der Waals surface area contributed by atoms with Crippen LogP contribution in [-0.2, 0) is 4.79 Å². The average molecular weight is 357 g/mol. The van der Waals surface area contributed by atoms with E-state index in [-0.39, 0.29) is 30.3 Å². The number of halogens is 1. The molecule has 0 aromatic heterocycles. The molecule has 0 spiro atoms. The predicted molar refractivity (Wildman–Crippen MR) is 97.9 cm³/mol. The first-order chi connectivity index (χ1) is 10.9. The molecule has 1 aliphatic carbocycles. The Kier molecular flexibility index (Phi) is 7.84. The number of nitrogens with one attached hydrogen (secondary N) is 1. The van der Waals surface area contributed by atoms with Gasteiger partial charge in [0.2, 0.25) is 5.91 Å². The Balaban J connectivity index is 0.00000288. The number of ether oxygens (including phenoxy) is 2. The summed E-state index contributed by atoms with van der Waals surface area (Å²) in [6.07, 6.45) is 3.82. The van der Waals surface area contributed by atoms with Crippen LogP contribution in [-0.4, -0.2) is 31.2 Å². The molecule has 0 radical (unpaired) electrons. The van der Waals surface area contributed by atoms with E-state index in [2.05, 4.69) is 5.32 Å². The molecule has 2 rings (SSSR count). The number of methoxy groups -OCH3 is 1. The van der Waals surface area contributed by atoms with E-state index in [9.17, 15) is 4.79 Å². The molecule has 0 aliphatic heterocycles. The minimum absolute atomic E-state index is 0. The molecule has 1 fully saturated rings.